The van der Waals surface area contributed by atoms with E-state index in [0.29, 0.717) is 27.6 Å². The molecule has 2 heteroatoms. The maximum atomic E-state index is 11.9. The molecule has 2 nitrogen and oxygen atoms in total. The number of fused-ring (bicyclic) bond motifs is 6. The predicted molar refractivity (Wildman–Crippen MR) is 140 cm³/mol. The molecule has 8 atom stereocenters. The number of rotatable bonds is 2. The van der Waals surface area contributed by atoms with Crippen molar-refractivity contribution in [2.45, 2.75) is 133 Å². The van der Waals surface area contributed by atoms with Crippen molar-refractivity contribution in [3.05, 3.63) is 11.1 Å². The number of esters is 1. The third kappa shape index (κ3) is 3.01. The number of allylic oxidation sites excluding steroid dienone is 2. The lowest BCUT2D eigenvalue weighted by Crippen LogP contribution is -2.64. The second-order valence-electron chi connectivity index (χ2n) is 15.2. The molecule has 5 aliphatic carbocycles. The topological polar surface area (TPSA) is 26.3 Å². The van der Waals surface area contributed by atoms with Crippen molar-refractivity contribution in [3.63, 3.8) is 0 Å². The van der Waals surface area contributed by atoms with E-state index in [2.05, 4.69) is 55.4 Å². The highest BCUT2D eigenvalue weighted by molar-refractivity contribution is 5.66. The van der Waals surface area contributed by atoms with Crippen LogP contribution in [-0.4, -0.2) is 12.1 Å². The van der Waals surface area contributed by atoms with Crippen LogP contribution in [0.15, 0.2) is 11.1 Å². The zero-order chi connectivity index (χ0) is 24.9. The Balaban J connectivity index is 1.52. The van der Waals surface area contributed by atoms with Crippen LogP contribution in [0.25, 0.3) is 0 Å². The fraction of sp³-hybridized carbons (Fsp3) is 0.906. The molecule has 34 heavy (non-hydrogen) atoms. The minimum Gasteiger partial charge on any atom is -0.462 e. The van der Waals surface area contributed by atoms with Crippen LogP contribution in [-0.2, 0) is 9.53 Å². The summed E-state index contributed by atoms with van der Waals surface area (Å²) >= 11 is 0. The maximum Gasteiger partial charge on any atom is 0.302 e. The Morgan fingerprint density at radius 1 is 0.824 bits per heavy atom. The maximum absolute atomic E-state index is 11.9. The highest BCUT2D eigenvalue weighted by atomic mass is 16.5. The van der Waals surface area contributed by atoms with Gasteiger partial charge in [-0.15, -0.1) is 0 Å². The molecule has 0 spiro atoms. The molecule has 4 fully saturated rings. The number of hydrogen-bond donors (Lipinski definition) is 0. The normalized spacial score (nSPS) is 49.7. The van der Waals surface area contributed by atoms with Crippen molar-refractivity contribution in [3.8, 4) is 0 Å². The number of carbonyl (C=O) groups is 1. The lowest BCUT2D eigenvalue weighted by Gasteiger charge is -2.70. The zero-order valence-corrected chi connectivity index (χ0v) is 23.8. The van der Waals surface area contributed by atoms with Crippen molar-refractivity contribution >= 4 is 5.97 Å². The third-order valence-corrected chi connectivity index (χ3v) is 13.4. The molecule has 5 rings (SSSR count). The van der Waals surface area contributed by atoms with Gasteiger partial charge in [0.1, 0.15) is 6.10 Å². The van der Waals surface area contributed by atoms with E-state index in [1.54, 1.807) is 6.92 Å². The quantitative estimate of drug-likeness (QED) is 0.299. The van der Waals surface area contributed by atoms with Crippen LogP contribution in [0, 0.1) is 50.7 Å². The van der Waals surface area contributed by atoms with Gasteiger partial charge in [-0.3, -0.25) is 4.79 Å². The van der Waals surface area contributed by atoms with Crippen molar-refractivity contribution in [2.75, 3.05) is 0 Å². The molecule has 192 valence electrons. The van der Waals surface area contributed by atoms with E-state index in [-0.39, 0.29) is 17.5 Å². The lowest BCUT2D eigenvalue weighted by molar-refractivity contribution is -0.213. The van der Waals surface area contributed by atoms with E-state index in [1.807, 2.05) is 11.1 Å². The smallest absolute Gasteiger partial charge is 0.302 e. The average molecular weight is 469 g/mol. The second kappa shape index (κ2) is 7.61. The summed E-state index contributed by atoms with van der Waals surface area (Å²) in [6, 6.07) is 0. The van der Waals surface area contributed by atoms with Gasteiger partial charge in [-0.1, -0.05) is 66.5 Å². The largest absolute Gasteiger partial charge is 0.462 e. The Hall–Kier alpha value is -0.790. The summed E-state index contributed by atoms with van der Waals surface area (Å²) in [4.78, 5) is 11.9. The molecule has 0 aromatic rings. The minimum atomic E-state index is -0.106. The van der Waals surface area contributed by atoms with E-state index < -0.39 is 0 Å². The van der Waals surface area contributed by atoms with Crippen LogP contribution in [0.1, 0.15) is 127 Å². The summed E-state index contributed by atoms with van der Waals surface area (Å²) in [6.45, 7) is 22.0. The van der Waals surface area contributed by atoms with Crippen LogP contribution in [0.2, 0.25) is 0 Å². The molecule has 0 bridgehead atoms. The predicted octanol–water partition coefficient (Wildman–Crippen LogP) is 8.74. The molecule has 0 saturated heterocycles. The first-order chi connectivity index (χ1) is 15.7. The Morgan fingerprint density at radius 2 is 1.50 bits per heavy atom. The van der Waals surface area contributed by atoms with Gasteiger partial charge in [0.05, 0.1) is 0 Å². The number of carbonyl (C=O) groups excluding carboxylic acids is 1. The molecule has 5 aliphatic rings. The Bertz CT molecular complexity index is 897. The molecule has 0 radical (unpaired) electrons. The first kappa shape index (κ1) is 24.9. The second-order valence-corrected chi connectivity index (χ2v) is 15.2. The minimum absolute atomic E-state index is 0.0563. The first-order valence-corrected chi connectivity index (χ1v) is 14.6. The van der Waals surface area contributed by atoms with Gasteiger partial charge in [0.15, 0.2) is 0 Å². The summed E-state index contributed by atoms with van der Waals surface area (Å²) in [7, 11) is 0. The first-order valence-electron chi connectivity index (χ1n) is 14.6. The van der Waals surface area contributed by atoms with Crippen LogP contribution in [0.3, 0.4) is 0 Å². The van der Waals surface area contributed by atoms with Crippen molar-refractivity contribution in [1.82, 2.24) is 0 Å². The van der Waals surface area contributed by atoms with Crippen LogP contribution in [0.5, 0.6) is 0 Å². The van der Waals surface area contributed by atoms with Gasteiger partial charge in [0, 0.05) is 12.3 Å². The average Bonchev–Trinajstić information content (AvgIpc) is 3.08. The molecule has 0 N–H and O–H groups in total. The van der Waals surface area contributed by atoms with Gasteiger partial charge >= 0.3 is 5.97 Å². The lowest BCUT2D eigenvalue weighted by atomic mass is 9.34. The highest BCUT2D eigenvalue weighted by Gasteiger charge is 2.68. The van der Waals surface area contributed by atoms with Gasteiger partial charge in [-0.05, 0) is 110 Å². The molecule has 8 unspecified atom stereocenters. The molecule has 0 heterocycles. The summed E-state index contributed by atoms with van der Waals surface area (Å²) in [5, 5.41) is 0. The van der Waals surface area contributed by atoms with Crippen LogP contribution >= 0.6 is 0 Å². The van der Waals surface area contributed by atoms with Gasteiger partial charge in [0.25, 0.3) is 0 Å². The number of ether oxygens (including phenoxy) is 1. The standard InChI is InChI=1S/C32H52O2/c1-20(2)22-10-11-23-24-12-13-26-30(7)16-15-27(34-21(3)33)28(4,5)25(30)14-17-32(26,9)31(24,8)19-18-29(22,23)6/h20,22,25-27H,10-19H2,1-9H3. The van der Waals surface area contributed by atoms with Gasteiger partial charge < -0.3 is 4.74 Å². The van der Waals surface area contributed by atoms with Crippen molar-refractivity contribution in [2.24, 2.45) is 50.7 Å². The molecule has 0 aromatic carbocycles. The Kier molecular flexibility index (Phi) is 5.57. The Labute approximate surface area is 210 Å². The highest BCUT2D eigenvalue weighted by Crippen LogP contribution is 2.76. The van der Waals surface area contributed by atoms with Gasteiger partial charge in [-0.2, -0.15) is 0 Å². The summed E-state index contributed by atoms with van der Waals surface area (Å²) in [5.41, 5.74) is 5.44. The molecule has 0 amide bonds. The van der Waals surface area contributed by atoms with E-state index in [1.165, 1.54) is 57.8 Å². The monoisotopic (exact) mass is 468 g/mol. The zero-order valence-electron chi connectivity index (χ0n) is 23.8. The van der Waals surface area contributed by atoms with Crippen LogP contribution in [0.4, 0.5) is 0 Å². The van der Waals surface area contributed by atoms with Crippen molar-refractivity contribution < 1.29 is 9.53 Å². The van der Waals surface area contributed by atoms with Gasteiger partial charge in [0.2, 0.25) is 0 Å². The van der Waals surface area contributed by atoms with Gasteiger partial charge in [-0.25, -0.2) is 0 Å². The van der Waals surface area contributed by atoms with E-state index in [9.17, 15) is 4.79 Å². The molecular formula is C32H52O2. The fourth-order valence-corrected chi connectivity index (χ4v) is 11.6. The number of hydrogen-bond acceptors (Lipinski definition) is 2. The van der Waals surface area contributed by atoms with Crippen LogP contribution < -0.4 is 0 Å². The van der Waals surface area contributed by atoms with E-state index in [0.717, 1.165) is 24.2 Å². The summed E-state index contributed by atoms with van der Waals surface area (Å²) in [5.74, 6) is 2.97. The Morgan fingerprint density at radius 3 is 2.15 bits per heavy atom. The summed E-state index contributed by atoms with van der Waals surface area (Å²) in [6.07, 6.45) is 13.2. The fourth-order valence-electron chi connectivity index (χ4n) is 11.6. The van der Waals surface area contributed by atoms with E-state index in [4.69, 9.17) is 4.74 Å². The molecule has 4 saturated carbocycles. The summed E-state index contributed by atoms with van der Waals surface area (Å²) < 4.78 is 5.91. The molecule has 0 aromatic heterocycles. The third-order valence-electron chi connectivity index (χ3n) is 13.4. The molecular weight excluding hydrogens is 416 g/mol. The van der Waals surface area contributed by atoms with E-state index >= 15 is 0 Å². The van der Waals surface area contributed by atoms with Crippen molar-refractivity contribution in [1.29, 1.82) is 0 Å². The SMILES string of the molecule is CC(=O)OC1CCC2(C)C(CCC3(C)C2CCC2=C4CCC(C(C)C)C4(C)CCC23C)C1(C)C. The molecule has 0 aliphatic heterocycles.